The van der Waals surface area contributed by atoms with Crippen LogP contribution in [0.4, 0.5) is 0 Å². The molecule has 0 aliphatic carbocycles. The molecule has 48 valence electrons. The van der Waals surface area contributed by atoms with Crippen LogP contribution in [0.2, 0.25) is 0 Å². The van der Waals surface area contributed by atoms with Crippen LogP contribution in [0.25, 0.3) is 0 Å². The zero-order valence-corrected chi connectivity index (χ0v) is 4.67. The Kier molecular flexibility index (Phi) is 2.27. The molecule has 0 amide bonds. The van der Waals surface area contributed by atoms with E-state index in [0.717, 1.165) is 0 Å². The summed E-state index contributed by atoms with van der Waals surface area (Å²) in [6, 6.07) is 0. The third kappa shape index (κ3) is 1.43. The van der Waals surface area contributed by atoms with Gasteiger partial charge in [-0.25, -0.2) is 0 Å². The summed E-state index contributed by atoms with van der Waals surface area (Å²) in [7, 11) is 0. The van der Waals surface area contributed by atoms with Crippen molar-refractivity contribution < 1.29 is 14.6 Å². The molecule has 0 unspecified atom stereocenters. The molecule has 1 N–H and O–H groups in total. The van der Waals surface area contributed by atoms with Crippen LogP contribution < -0.4 is 0 Å². The minimum Gasteiger partial charge on any atom is -0.396 e. The van der Waals surface area contributed by atoms with Crippen LogP contribution in [0.15, 0.2) is 0 Å². The van der Waals surface area contributed by atoms with Gasteiger partial charge < -0.3 is 14.6 Å². The fraction of sp³-hybridized carbons (Fsp3) is 1.00. The van der Waals surface area contributed by atoms with Gasteiger partial charge in [0.25, 0.3) is 0 Å². The van der Waals surface area contributed by atoms with Gasteiger partial charge in [0.05, 0.1) is 13.2 Å². The van der Waals surface area contributed by atoms with Crippen LogP contribution in [0.1, 0.15) is 6.42 Å². The van der Waals surface area contributed by atoms with Gasteiger partial charge in [0.1, 0.15) is 0 Å². The number of rotatable bonds is 2. The summed E-state index contributed by atoms with van der Waals surface area (Å²) in [4.78, 5) is 0. The van der Waals surface area contributed by atoms with Gasteiger partial charge in [-0.3, -0.25) is 0 Å². The molecule has 1 fully saturated rings. The molecule has 1 aliphatic rings. The third-order valence-electron chi connectivity index (χ3n) is 1.06. The molecule has 1 aliphatic heterocycles. The molecule has 3 nitrogen and oxygen atoms in total. The third-order valence-corrected chi connectivity index (χ3v) is 1.06. The second-order valence-corrected chi connectivity index (χ2v) is 1.68. The topological polar surface area (TPSA) is 38.7 Å². The summed E-state index contributed by atoms with van der Waals surface area (Å²) in [5.41, 5.74) is 0. The molecular weight excluding hydrogens is 108 g/mol. The Morgan fingerprint density at radius 3 is 2.50 bits per heavy atom. The highest BCUT2D eigenvalue weighted by Gasteiger charge is 2.13. The quantitative estimate of drug-likeness (QED) is 0.543. The van der Waals surface area contributed by atoms with E-state index in [0.29, 0.717) is 19.6 Å². The Labute approximate surface area is 48.2 Å². The monoisotopic (exact) mass is 118 g/mol. The summed E-state index contributed by atoms with van der Waals surface area (Å²) in [5, 5.41) is 8.37. The minimum atomic E-state index is -0.139. The molecule has 0 saturated carbocycles. The predicted octanol–water partition coefficient (Wildman–Crippen LogP) is -0.258. The van der Waals surface area contributed by atoms with Crippen LogP contribution in [0.3, 0.4) is 0 Å². The highest BCUT2D eigenvalue weighted by Crippen LogP contribution is 2.05. The van der Waals surface area contributed by atoms with E-state index >= 15 is 0 Å². The highest BCUT2D eigenvalue weighted by molar-refractivity contribution is 4.49. The van der Waals surface area contributed by atoms with Crippen molar-refractivity contribution in [1.82, 2.24) is 0 Å². The van der Waals surface area contributed by atoms with E-state index in [1.54, 1.807) is 0 Å². The van der Waals surface area contributed by atoms with Crippen molar-refractivity contribution in [2.75, 3.05) is 19.8 Å². The number of hydrogen-bond acceptors (Lipinski definition) is 3. The highest BCUT2D eigenvalue weighted by atomic mass is 16.7. The molecule has 0 aromatic rings. The smallest absolute Gasteiger partial charge is 0.159 e. The van der Waals surface area contributed by atoms with Gasteiger partial charge in [0.2, 0.25) is 0 Å². The maximum absolute atomic E-state index is 8.37. The number of hydrogen-bond donors (Lipinski definition) is 1. The van der Waals surface area contributed by atoms with E-state index in [1.165, 1.54) is 0 Å². The number of aliphatic hydroxyl groups excluding tert-OH is 1. The van der Waals surface area contributed by atoms with Crippen LogP contribution in [-0.2, 0) is 9.47 Å². The summed E-state index contributed by atoms with van der Waals surface area (Å²) in [6.07, 6.45) is 0.458. The van der Waals surface area contributed by atoms with Crippen LogP contribution >= 0.6 is 0 Å². The molecular formula is C5H10O3. The van der Waals surface area contributed by atoms with Gasteiger partial charge in [-0.05, 0) is 0 Å². The van der Waals surface area contributed by atoms with Gasteiger partial charge >= 0.3 is 0 Å². The lowest BCUT2D eigenvalue weighted by Gasteiger charge is -2.03. The van der Waals surface area contributed by atoms with E-state index in [4.69, 9.17) is 14.6 Å². The normalized spacial score (nSPS) is 22.1. The average Bonchev–Trinajstić information content (AvgIpc) is 2.19. The lowest BCUT2D eigenvalue weighted by Crippen LogP contribution is -2.08. The van der Waals surface area contributed by atoms with Crippen molar-refractivity contribution in [2.45, 2.75) is 12.7 Å². The molecule has 0 radical (unpaired) electrons. The van der Waals surface area contributed by atoms with E-state index in [9.17, 15) is 0 Å². The van der Waals surface area contributed by atoms with E-state index < -0.39 is 0 Å². The zero-order valence-electron chi connectivity index (χ0n) is 4.67. The second-order valence-electron chi connectivity index (χ2n) is 1.68. The van der Waals surface area contributed by atoms with Crippen LogP contribution in [0, 0.1) is 0 Å². The predicted molar refractivity (Wildman–Crippen MR) is 27.4 cm³/mol. The maximum Gasteiger partial charge on any atom is 0.159 e. The molecule has 3 heteroatoms. The Morgan fingerprint density at radius 2 is 2.00 bits per heavy atom. The summed E-state index contributed by atoms with van der Waals surface area (Å²) in [5.74, 6) is 0. The first-order valence-electron chi connectivity index (χ1n) is 2.77. The molecule has 0 aromatic carbocycles. The van der Waals surface area contributed by atoms with Crippen molar-refractivity contribution in [3.05, 3.63) is 0 Å². The molecule has 1 saturated heterocycles. The first kappa shape index (κ1) is 6.01. The van der Waals surface area contributed by atoms with Crippen LogP contribution in [0.5, 0.6) is 0 Å². The summed E-state index contributed by atoms with van der Waals surface area (Å²) < 4.78 is 10.0. The summed E-state index contributed by atoms with van der Waals surface area (Å²) >= 11 is 0. The molecule has 1 rings (SSSR count). The van der Waals surface area contributed by atoms with Gasteiger partial charge in [0, 0.05) is 13.0 Å². The molecule has 8 heavy (non-hydrogen) atoms. The van der Waals surface area contributed by atoms with Gasteiger partial charge in [0.15, 0.2) is 6.29 Å². The molecule has 0 spiro atoms. The van der Waals surface area contributed by atoms with Crippen LogP contribution in [-0.4, -0.2) is 31.2 Å². The van der Waals surface area contributed by atoms with E-state index in [1.807, 2.05) is 0 Å². The first-order valence-corrected chi connectivity index (χ1v) is 2.77. The van der Waals surface area contributed by atoms with E-state index in [-0.39, 0.29) is 12.9 Å². The Hall–Kier alpha value is -0.120. The molecule has 0 bridgehead atoms. The fourth-order valence-electron chi connectivity index (χ4n) is 0.679. The standard InChI is InChI=1S/C5H10O3/c6-2-1-5-7-3-4-8-5/h5-6H,1-4H2. The molecule has 1 heterocycles. The average molecular weight is 118 g/mol. The first-order chi connectivity index (χ1) is 3.93. The van der Waals surface area contributed by atoms with E-state index in [2.05, 4.69) is 0 Å². The number of aliphatic hydroxyl groups is 1. The second kappa shape index (κ2) is 3.02. The zero-order chi connectivity index (χ0) is 5.82. The Balaban J connectivity index is 2.06. The van der Waals surface area contributed by atoms with Gasteiger partial charge in [-0.15, -0.1) is 0 Å². The maximum atomic E-state index is 8.37. The number of ether oxygens (including phenoxy) is 2. The van der Waals surface area contributed by atoms with Crippen molar-refractivity contribution in [2.24, 2.45) is 0 Å². The van der Waals surface area contributed by atoms with Crippen molar-refractivity contribution in [3.63, 3.8) is 0 Å². The van der Waals surface area contributed by atoms with Gasteiger partial charge in [-0.2, -0.15) is 0 Å². The SMILES string of the molecule is OCCC1OCCO1. The Morgan fingerprint density at radius 1 is 1.38 bits per heavy atom. The van der Waals surface area contributed by atoms with Gasteiger partial charge in [-0.1, -0.05) is 0 Å². The minimum absolute atomic E-state index is 0.139. The lowest BCUT2D eigenvalue weighted by molar-refractivity contribution is -0.0548. The van der Waals surface area contributed by atoms with Crippen molar-refractivity contribution in [1.29, 1.82) is 0 Å². The Bertz CT molecular complexity index is 58.7. The largest absolute Gasteiger partial charge is 0.396 e. The molecule has 0 aromatic heterocycles. The van der Waals surface area contributed by atoms with Crippen molar-refractivity contribution in [3.8, 4) is 0 Å². The lowest BCUT2D eigenvalue weighted by atomic mass is 10.4. The van der Waals surface area contributed by atoms with Crippen molar-refractivity contribution >= 4 is 0 Å². The fourth-order valence-corrected chi connectivity index (χ4v) is 0.679. The molecule has 0 atom stereocenters. The summed E-state index contributed by atoms with van der Waals surface area (Å²) in [6.45, 7) is 1.49.